The molecule has 1 aromatic heterocycles. The summed E-state index contributed by atoms with van der Waals surface area (Å²) in [7, 11) is 1.68. The zero-order valence-corrected chi connectivity index (χ0v) is 9.30. The van der Waals surface area contributed by atoms with E-state index in [1.165, 1.54) is 16.0 Å². The lowest BCUT2D eigenvalue weighted by Crippen LogP contribution is -1.88. The highest BCUT2D eigenvalue weighted by Gasteiger charge is 2.13. The molecule has 0 saturated heterocycles. The number of aromatic nitrogens is 1. The van der Waals surface area contributed by atoms with E-state index >= 15 is 0 Å². The molecule has 1 aliphatic rings. The van der Waals surface area contributed by atoms with Crippen molar-refractivity contribution in [2.75, 3.05) is 12.9 Å². The van der Waals surface area contributed by atoms with E-state index < -0.39 is 0 Å². The van der Waals surface area contributed by atoms with Crippen LogP contribution in [0.1, 0.15) is 5.56 Å². The minimum absolute atomic E-state index is 0.873. The monoisotopic (exact) mass is 217 g/mol. The van der Waals surface area contributed by atoms with Crippen LogP contribution >= 0.6 is 11.8 Å². The van der Waals surface area contributed by atoms with Gasteiger partial charge in [0.25, 0.3) is 0 Å². The number of pyridine rings is 1. The second kappa shape index (κ2) is 3.42. The Morgan fingerprint density at radius 2 is 2.27 bits per heavy atom. The zero-order valence-electron chi connectivity index (χ0n) is 8.49. The maximum atomic E-state index is 5.19. The average Bonchev–Trinajstić information content (AvgIpc) is 2.72. The van der Waals surface area contributed by atoms with Gasteiger partial charge >= 0.3 is 0 Å². The van der Waals surface area contributed by atoms with Crippen molar-refractivity contribution in [2.45, 2.75) is 11.4 Å². The fourth-order valence-electron chi connectivity index (χ4n) is 1.86. The molecule has 0 unspecified atom stereocenters. The molecule has 0 atom stereocenters. The second-order valence-corrected chi connectivity index (χ2v) is 4.69. The minimum Gasteiger partial charge on any atom is -0.497 e. The van der Waals surface area contributed by atoms with Crippen LogP contribution in [0.3, 0.4) is 0 Å². The molecule has 2 aromatic rings. The molecule has 0 saturated carbocycles. The van der Waals surface area contributed by atoms with Crippen molar-refractivity contribution in [3.63, 3.8) is 0 Å². The molecule has 0 N–H and O–H groups in total. The Morgan fingerprint density at radius 3 is 3.13 bits per heavy atom. The summed E-state index contributed by atoms with van der Waals surface area (Å²) in [6, 6.07) is 8.30. The molecule has 0 amide bonds. The predicted molar refractivity (Wildman–Crippen MR) is 62.7 cm³/mol. The number of fused-ring (bicyclic) bond motifs is 2. The van der Waals surface area contributed by atoms with Crippen molar-refractivity contribution in [3.05, 3.63) is 29.8 Å². The van der Waals surface area contributed by atoms with E-state index in [0.29, 0.717) is 0 Å². The third-order valence-corrected chi connectivity index (χ3v) is 3.71. The number of ether oxygens (including phenoxy) is 1. The summed E-state index contributed by atoms with van der Waals surface area (Å²) < 4.78 is 5.19. The number of thioether (sulfide) groups is 1. The van der Waals surface area contributed by atoms with E-state index in [9.17, 15) is 0 Å². The van der Waals surface area contributed by atoms with Crippen LogP contribution in [0.4, 0.5) is 0 Å². The number of nitrogens with zero attached hydrogens (tertiary/aromatic N) is 1. The molecule has 76 valence electrons. The molecule has 3 heteroatoms. The Balaban J connectivity index is 2.24. The van der Waals surface area contributed by atoms with Gasteiger partial charge in [0, 0.05) is 17.2 Å². The standard InChI is InChI=1S/C12H11NOS/c1-14-10-3-2-8-6-9-4-5-15-12(9)13-11(8)7-10/h2-3,6-7H,4-5H2,1H3. The van der Waals surface area contributed by atoms with Gasteiger partial charge in [0.05, 0.1) is 17.7 Å². The number of rotatable bonds is 1. The highest BCUT2D eigenvalue weighted by atomic mass is 32.2. The van der Waals surface area contributed by atoms with Gasteiger partial charge in [-0.1, -0.05) is 0 Å². The molecule has 0 bridgehead atoms. The van der Waals surface area contributed by atoms with Crippen LogP contribution in [-0.4, -0.2) is 17.8 Å². The first kappa shape index (κ1) is 9.04. The van der Waals surface area contributed by atoms with Gasteiger partial charge in [-0.05, 0) is 30.2 Å². The topological polar surface area (TPSA) is 22.1 Å². The first-order valence-electron chi connectivity index (χ1n) is 4.97. The van der Waals surface area contributed by atoms with Crippen LogP contribution in [0.5, 0.6) is 5.75 Å². The van der Waals surface area contributed by atoms with Crippen LogP contribution < -0.4 is 4.74 Å². The maximum Gasteiger partial charge on any atom is 0.121 e. The molecule has 2 nitrogen and oxygen atoms in total. The van der Waals surface area contributed by atoms with Gasteiger partial charge in [-0.2, -0.15) is 0 Å². The first-order chi connectivity index (χ1) is 7.36. The number of benzene rings is 1. The summed E-state index contributed by atoms with van der Waals surface area (Å²) in [6.07, 6.45) is 1.15. The Labute approximate surface area is 92.7 Å². The number of methoxy groups -OCH3 is 1. The largest absolute Gasteiger partial charge is 0.497 e. The summed E-state index contributed by atoms with van der Waals surface area (Å²) in [4.78, 5) is 4.65. The van der Waals surface area contributed by atoms with Crippen LogP contribution in [-0.2, 0) is 6.42 Å². The van der Waals surface area contributed by atoms with Crippen molar-refractivity contribution in [2.24, 2.45) is 0 Å². The third kappa shape index (κ3) is 1.47. The van der Waals surface area contributed by atoms with Gasteiger partial charge in [-0.3, -0.25) is 0 Å². The summed E-state index contributed by atoms with van der Waals surface area (Å²) in [5.74, 6) is 2.04. The summed E-state index contributed by atoms with van der Waals surface area (Å²) in [5.41, 5.74) is 2.42. The van der Waals surface area contributed by atoms with E-state index in [1.54, 1.807) is 7.11 Å². The molecule has 15 heavy (non-hydrogen) atoms. The summed E-state index contributed by atoms with van der Waals surface area (Å²) in [5, 5.41) is 2.40. The second-order valence-electron chi connectivity index (χ2n) is 3.61. The van der Waals surface area contributed by atoms with Crippen LogP contribution in [0.25, 0.3) is 10.9 Å². The van der Waals surface area contributed by atoms with Gasteiger partial charge in [0.15, 0.2) is 0 Å². The SMILES string of the molecule is COc1ccc2cc3c(nc2c1)SCC3. The van der Waals surface area contributed by atoms with Crippen molar-refractivity contribution >= 4 is 22.7 Å². The molecule has 1 aliphatic heterocycles. The molecule has 0 aliphatic carbocycles. The smallest absolute Gasteiger partial charge is 0.121 e. The number of hydrogen-bond donors (Lipinski definition) is 0. The van der Waals surface area contributed by atoms with Gasteiger partial charge < -0.3 is 4.74 Å². The molecule has 0 radical (unpaired) electrons. The fraction of sp³-hybridized carbons (Fsp3) is 0.250. The van der Waals surface area contributed by atoms with Crippen molar-refractivity contribution in [1.82, 2.24) is 4.98 Å². The number of aryl methyl sites for hydroxylation is 1. The quantitative estimate of drug-likeness (QED) is 0.733. The number of hydrogen-bond acceptors (Lipinski definition) is 3. The first-order valence-corrected chi connectivity index (χ1v) is 5.96. The van der Waals surface area contributed by atoms with Crippen molar-refractivity contribution in [1.29, 1.82) is 0 Å². The van der Waals surface area contributed by atoms with Crippen LogP contribution in [0, 0.1) is 0 Å². The lowest BCUT2D eigenvalue weighted by atomic mass is 10.1. The third-order valence-electron chi connectivity index (χ3n) is 2.67. The maximum absolute atomic E-state index is 5.19. The molecular formula is C12H11NOS. The fourth-order valence-corrected chi connectivity index (χ4v) is 2.89. The summed E-state index contributed by atoms with van der Waals surface area (Å²) in [6.45, 7) is 0. The van der Waals surface area contributed by atoms with Crippen LogP contribution in [0.2, 0.25) is 0 Å². The predicted octanol–water partition coefficient (Wildman–Crippen LogP) is 2.89. The summed E-state index contributed by atoms with van der Waals surface area (Å²) >= 11 is 1.84. The minimum atomic E-state index is 0.873. The van der Waals surface area contributed by atoms with E-state index in [1.807, 2.05) is 23.9 Å². The Morgan fingerprint density at radius 1 is 1.33 bits per heavy atom. The van der Waals surface area contributed by atoms with Crippen molar-refractivity contribution in [3.8, 4) is 5.75 Å². The average molecular weight is 217 g/mol. The Hall–Kier alpha value is -1.22. The van der Waals surface area contributed by atoms with Gasteiger partial charge in [-0.15, -0.1) is 11.8 Å². The molecule has 0 fully saturated rings. The van der Waals surface area contributed by atoms with E-state index in [4.69, 9.17) is 4.74 Å². The van der Waals surface area contributed by atoms with E-state index in [-0.39, 0.29) is 0 Å². The van der Waals surface area contributed by atoms with E-state index in [2.05, 4.69) is 17.1 Å². The molecule has 0 spiro atoms. The van der Waals surface area contributed by atoms with Crippen LogP contribution in [0.15, 0.2) is 29.3 Å². The van der Waals surface area contributed by atoms with E-state index in [0.717, 1.165) is 23.4 Å². The zero-order chi connectivity index (χ0) is 10.3. The Kier molecular flexibility index (Phi) is 2.06. The highest BCUT2D eigenvalue weighted by Crippen LogP contribution is 2.32. The molecule has 3 rings (SSSR count). The van der Waals surface area contributed by atoms with Gasteiger partial charge in [-0.25, -0.2) is 4.98 Å². The highest BCUT2D eigenvalue weighted by molar-refractivity contribution is 7.99. The normalized spacial score (nSPS) is 14.2. The van der Waals surface area contributed by atoms with Gasteiger partial charge in [0.2, 0.25) is 0 Å². The Bertz CT molecular complexity index is 524. The molecule has 2 heterocycles. The molecule has 1 aromatic carbocycles. The van der Waals surface area contributed by atoms with Gasteiger partial charge in [0.1, 0.15) is 5.75 Å². The lowest BCUT2D eigenvalue weighted by Gasteiger charge is -2.04. The lowest BCUT2D eigenvalue weighted by molar-refractivity contribution is 0.415. The molecular weight excluding hydrogens is 206 g/mol. The van der Waals surface area contributed by atoms with Crippen molar-refractivity contribution < 1.29 is 4.74 Å².